The zero-order valence-electron chi connectivity index (χ0n) is 14.5. The molecular weight excluding hydrogens is 360 g/mol. The van der Waals surface area contributed by atoms with E-state index in [-0.39, 0.29) is 4.90 Å². The summed E-state index contributed by atoms with van der Waals surface area (Å²) in [5.74, 6) is 1.24. The van der Waals surface area contributed by atoms with Crippen molar-refractivity contribution in [2.24, 2.45) is 0 Å². The quantitative estimate of drug-likeness (QED) is 0.582. The fourth-order valence-corrected chi connectivity index (χ4v) is 3.35. The molecule has 2 heterocycles. The molecule has 4 rings (SSSR count). The monoisotopic (exact) mass is 376 g/mol. The molecule has 0 atom stereocenters. The molecule has 0 spiro atoms. The number of sulfone groups is 1. The van der Waals surface area contributed by atoms with Crippen molar-refractivity contribution in [3.05, 3.63) is 73.1 Å². The van der Waals surface area contributed by atoms with Gasteiger partial charge in [-0.1, -0.05) is 12.1 Å². The standard InChI is InChI=1S/C20H16N4O2S/c1-27(25,26)16-8-6-15(7-9-16)22-20-17-4-2-3-5-18(17)23-19(24-20)14-10-12-21-13-11-14/h2-13H,1H3,(H,22,23,24). The van der Waals surface area contributed by atoms with Crippen LogP contribution in [0.3, 0.4) is 0 Å². The molecule has 0 aliphatic rings. The summed E-state index contributed by atoms with van der Waals surface area (Å²) in [6.07, 6.45) is 4.59. The van der Waals surface area contributed by atoms with Crippen molar-refractivity contribution in [3.8, 4) is 11.4 Å². The van der Waals surface area contributed by atoms with Gasteiger partial charge in [0.1, 0.15) is 5.82 Å². The van der Waals surface area contributed by atoms with E-state index in [1.54, 1.807) is 36.7 Å². The smallest absolute Gasteiger partial charge is 0.175 e. The lowest BCUT2D eigenvalue weighted by atomic mass is 10.2. The summed E-state index contributed by atoms with van der Waals surface area (Å²) >= 11 is 0. The summed E-state index contributed by atoms with van der Waals surface area (Å²) in [5, 5.41) is 4.15. The zero-order chi connectivity index (χ0) is 18.9. The third kappa shape index (κ3) is 3.63. The van der Waals surface area contributed by atoms with Crippen molar-refractivity contribution >= 4 is 32.2 Å². The van der Waals surface area contributed by atoms with Crippen molar-refractivity contribution in [2.45, 2.75) is 4.90 Å². The molecule has 0 aliphatic carbocycles. The van der Waals surface area contributed by atoms with Crippen LogP contribution in [0, 0.1) is 0 Å². The van der Waals surface area contributed by atoms with Gasteiger partial charge < -0.3 is 5.32 Å². The molecule has 6 nitrogen and oxygen atoms in total. The molecule has 134 valence electrons. The van der Waals surface area contributed by atoms with Gasteiger partial charge in [-0.25, -0.2) is 18.4 Å². The van der Waals surface area contributed by atoms with Gasteiger partial charge in [0, 0.05) is 35.3 Å². The minimum absolute atomic E-state index is 0.276. The number of aromatic nitrogens is 3. The highest BCUT2D eigenvalue weighted by Gasteiger charge is 2.11. The molecule has 2 aromatic heterocycles. The molecule has 0 fully saturated rings. The first-order chi connectivity index (χ1) is 13.0. The van der Waals surface area contributed by atoms with E-state index in [1.165, 1.54) is 6.26 Å². The first kappa shape index (κ1) is 17.1. The average molecular weight is 376 g/mol. The van der Waals surface area contributed by atoms with Crippen molar-refractivity contribution in [2.75, 3.05) is 11.6 Å². The number of hydrogen-bond donors (Lipinski definition) is 1. The van der Waals surface area contributed by atoms with Crippen LogP contribution >= 0.6 is 0 Å². The number of fused-ring (bicyclic) bond motifs is 1. The lowest BCUT2D eigenvalue weighted by Gasteiger charge is -2.11. The normalized spacial score (nSPS) is 11.4. The molecule has 0 amide bonds. The highest BCUT2D eigenvalue weighted by atomic mass is 32.2. The third-order valence-corrected chi connectivity index (χ3v) is 5.22. The molecule has 1 N–H and O–H groups in total. The van der Waals surface area contributed by atoms with Crippen LogP contribution in [-0.2, 0) is 9.84 Å². The van der Waals surface area contributed by atoms with E-state index in [4.69, 9.17) is 0 Å². The fraction of sp³-hybridized carbons (Fsp3) is 0.0500. The van der Waals surface area contributed by atoms with E-state index in [1.807, 2.05) is 36.4 Å². The summed E-state index contributed by atoms with van der Waals surface area (Å²) in [4.78, 5) is 13.6. The molecule has 0 aliphatic heterocycles. The van der Waals surface area contributed by atoms with Crippen LogP contribution in [0.5, 0.6) is 0 Å². The maximum atomic E-state index is 11.6. The molecule has 0 unspecified atom stereocenters. The first-order valence-corrected chi connectivity index (χ1v) is 10.1. The topological polar surface area (TPSA) is 84.8 Å². The lowest BCUT2D eigenvalue weighted by molar-refractivity contribution is 0.602. The second kappa shape index (κ2) is 6.77. The van der Waals surface area contributed by atoms with E-state index in [2.05, 4.69) is 20.3 Å². The maximum absolute atomic E-state index is 11.6. The van der Waals surface area contributed by atoms with Crippen molar-refractivity contribution in [1.29, 1.82) is 0 Å². The molecule has 0 radical (unpaired) electrons. The van der Waals surface area contributed by atoms with Crippen LogP contribution in [0.1, 0.15) is 0 Å². The van der Waals surface area contributed by atoms with E-state index >= 15 is 0 Å². The Labute approximate surface area is 156 Å². The lowest BCUT2D eigenvalue weighted by Crippen LogP contribution is -2.00. The van der Waals surface area contributed by atoms with Gasteiger partial charge in [-0.2, -0.15) is 0 Å². The SMILES string of the molecule is CS(=O)(=O)c1ccc(Nc2nc(-c3ccncc3)nc3ccccc23)cc1. The van der Waals surface area contributed by atoms with Crippen molar-refractivity contribution in [3.63, 3.8) is 0 Å². The van der Waals surface area contributed by atoms with Gasteiger partial charge in [-0.15, -0.1) is 0 Å². The zero-order valence-corrected chi connectivity index (χ0v) is 15.3. The van der Waals surface area contributed by atoms with E-state index in [0.717, 1.165) is 22.2 Å². The van der Waals surface area contributed by atoms with Crippen LogP contribution in [-0.4, -0.2) is 29.6 Å². The Morgan fingerprint density at radius 3 is 2.26 bits per heavy atom. The van der Waals surface area contributed by atoms with Gasteiger partial charge in [-0.3, -0.25) is 4.98 Å². The predicted octanol–water partition coefficient (Wildman–Crippen LogP) is 3.84. The fourth-order valence-electron chi connectivity index (χ4n) is 2.72. The Morgan fingerprint density at radius 1 is 0.852 bits per heavy atom. The maximum Gasteiger partial charge on any atom is 0.175 e. The number of pyridine rings is 1. The third-order valence-electron chi connectivity index (χ3n) is 4.09. The number of rotatable bonds is 4. The van der Waals surface area contributed by atoms with Gasteiger partial charge in [0.15, 0.2) is 15.7 Å². The molecule has 0 saturated carbocycles. The second-order valence-corrected chi connectivity index (χ2v) is 8.09. The van der Waals surface area contributed by atoms with Gasteiger partial charge in [-0.05, 0) is 48.5 Å². The highest BCUT2D eigenvalue weighted by Crippen LogP contribution is 2.27. The number of nitrogens with one attached hydrogen (secondary N) is 1. The van der Waals surface area contributed by atoms with Crippen LogP contribution in [0.2, 0.25) is 0 Å². The van der Waals surface area contributed by atoms with Gasteiger partial charge in [0.05, 0.1) is 10.4 Å². The summed E-state index contributed by atoms with van der Waals surface area (Å²) < 4.78 is 23.3. The predicted molar refractivity (Wildman–Crippen MR) is 106 cm³/mol. The van der Waals surface area contributed by atoms with Crippen molar-refractivity contribution in [1.82, 2.24) is 15.0 Å². The number of nitrogens with zero attached hydrogens (tertiary/aromatic N) is 3. The van der Waals surface area contributed by atoms with Gasteiger partial charge in [0.2, 0.25) is 0 Å². The number of anilines is 2. The second-order valence-electron chi connectivity index (χ2n) is 6.07. The van der Waals surface area contributed by atoms with E-state index < -0.39 is 9.84 Å². The molecular formula is C20H16N4O2S. The molecule has 2 aromatic carbocycles. The van der Waals surface area contributed by atoms with E-state index in [9.17, 15) is 8.42 Å². The first-order valence-electron chi connectivity index (χ1n) is 8.25. The molecule has 7 heteroatoms. The Balaban J connectivity index is 1.78. The summed E-state index contributed by atoms with van der Waals surface area (Å²) in [7, 11) is -3.23. The molecule has 27 heavy (non-hydrogen) atoms. The van der Waals surface area contributed by atoms with E-state index in [0.29, 0.717) is 11.6 Å². The molecule has 0 saturated heterocycles. The largest absolute Gasteiger partial charge is 0.340 e. The minimum Gasteiger partial charge on any atom is -0.340 e. The Morgan fingerprint density at radius 2 is 1.56 bits per heavy atom. The number of para-hydroxylation sites is 1. The summed E-state index contributed by atoms with van der Waals surface area (Å²) in [6.45, 7) is 0. The van der Waals surface area contributed by atoms with Crippen LogP contribution < -0.4 is 5.32 Å². The molecule has 0 bridgehead atoms. The van der Waals surface area contributed by atoms with Crippen molar-refractivity contribution < 1.29 is 8.42 Å². The van der Waals surface area contributed by atoms with Gasteiger partial charge in [0.25, 0.3) is 0 Å². The summed E-state index contributed by atoms with van der Waals surface area (Å²) in [5.41, 5.74) is 2.42. The number of hydrogen-bond acceptors (Lipinski definition) is 6. The summed E-state index contributed by atoms with van der Waals surface area (Å²) in [6, 6.07) is 18.0. The molecule has 4 aromatic rings. The number of benzene rings is 2. The Bertz CT molecular complexity index is 1210. The van der Waals surface area contributed by atoms with Gasteiger partial charge >= 0.3 is 0 Å². The Kier molecular flexibility index (Phi) is 4.29. The minimum atomic E-state index is -3.23. The average Bonchev–Trinajstić information content (AvgIpc) is 2.68. The Hall–Kier alpha value is -3.32. The highest BCUT2D eigenvalue weighted by molar-refractivity contribution is 7.90. The van der Waals surface area contributed by atoms with Crippen LogP contribution in [0.15, 0.2) is 78.0 Å². The van der Waals surface area contributed by atoms with Crippen LogP contribution in [0.25, 0.3) is 22.3 Å². The van der Waals surface area contributed by atoms with Crippen LogP contribution in [0.4, 0.5) is 11.5 Å².